The van der Waals surface area contributed by atoms with E-state index in [1.165, 1.54) is 18.3 Å². The van der Waals surface area contributed by atoms with Crippen LogP contribution in [-0.4, -0.2) is 27.6 Å². The fraction of sp³-hybridized carbons (Fsp3) is 0.273. The Labute approximate surface area is 111 Å². The summed E-state index contributed by atoms with van der Waals surface area (Å²) in [6.07, 6.45) is -2.52. The second-order valence-corrected chi connectivity index (χ2v) is 3.56. The molecule has 0 radical (unpaired) electrons. The van der Waals surface area contributed by atoms with Crippen molar-refractivity contribution in [2.45, 2.75) is 13.1 Å². The van der Waals surface area contributed by atoms with Gasteiger partial charge < -0.3 is 4.74 Å². The van der Waals surface area contributed by atoms with Crippen LogP contribution >= 0.6 is 0 Å². The van der Waals surface area contributed by atoms with Crippen molar-refractivity contribution >= 4 is 17.9 Å². The number of ether oxygens (including phenoxy) is 1. The van der Waals surface area contributed by atoms with Crippen LogP contribution in [0.3, 0.4) is 0 Å². The molecule has 0 saturated heterocycles. The van der Waals surface area contributed by atoms with Crippen LogP contribution in [-0.2, 0) is 10.9 Å². The lowest BCUT2D eigenvalue weighted by atomic mass is 10.2. The van der Waals surface area contributed by atoms with Gasteiger partial charge in [-0.2, -0.15) is 33.0 Å². The first kappa shape index (κ1) is 13.8. The van der Waals surface area contributed by atoms with Crippen LogP contribution in [0.4, 0.5) is 19.0 Å². The molecule has 0 unspecified atom stereocenters. The molecule has 9 heteroatoms. The summed E-state index contributed by atoms with van der Waals surface area (Å²) in [5.41, 5.74) is -2.05. The number of hydrogen-bond acceptors (Lipinski definition) is 5. The van der Waals surface area contributed by atoms with E-state index in [2.05, 4.69) is 15.1 Å². The number of nitrogens with zero attached hydrogens (tertiary/aromatic N) is 5. The van der Waals surface area contributed by atoms with E-state index in [4.69, 9.17) is 10.00 Å². The highest BCUT2D eigenvalue weighted by atomic mass is 19.4. The molecule has 0 atom stereocenters. The average molecular weight is 283 g/mol. The third kappa shape index (κ3) is 2.40. The molecule has 0 N–H and O–H groups in total. The summed E-state index contributed by atoms with van der Waals surface area (Å²) in [5, 5.41) is 12.8. The Hall–Kier alpha value is -2.63. The Balaban J connectivity index is 2.74. The first-order chi connectivity index (χ1) is 9.49. The van der Waals surface area contributed by atoms with Crippen LogP contribution in [0.5, 0.6) is 0 Å². The number of aromatic nitrogens is 3. The molecule has 6 nitrogen and oxygen atoms in total. The lowest BCUT2D eigenvalue weighted by molar-refractivity contribution is -0.141. The Morgan fingerprint density at radius 2 is 2.30 bits per heavy atom. The predicted octanol–water partition coefficient (Wildman–Crippen LogP) is 2.32. The Morgan fingerprint density at radius 1 is 1.55 bits per heavy atom. The maximum absolute atomic E-state index is 12.9. The lowest BCUT2D eigenvalue weighted by Crippen LogP contribution is -2.13. The number of fused-ring (bicyclic) bond motifs is 1. The van der Waals surface area contributed by atoms with Crippen LogP contribution in [0.1, 0.15) is 18.2 Å². The van der Waals surface area contributed by atoms with Crippen LogP contribution < -0.4 is 0 Å². The number of nitriles is 1. The van der Waals surface area contributed by atoms with Gasteiger partial charge >= 0.3 is 6.18 Å². The first-order valence-electron chi connectivity index (χ1n) is 5.48. The summed E-state index contributed by atoms with van der Waals surface area (Å²) >= 11 is 0. The van der Waals surface area contributed by atoms with E-state index in [9.17, 15) is 13.2 Å². The maximum Gasteiger partial charge on any atom is 0.434 e. The van der Waals surface area contributed by atoms with Crippen LogP contribution in [0.2, 0.25) is 0 Å². The number of alkyl halides is 3. The van der Waals surface area contributed by atoms with Crippen molar-refractivity contribution < 1.29 is 17.9 Å². The highest BCUT2D eigenvalue weighted by molar-refractivity contribution is 5.63. The van der Waals surface area contributed by atoms with Crippen molar-refractivity contribution in [3.05, 3.63) is 23.5 Å². The minimum atomic E-state index is -4.76. The Kier molecular flexibility index (Phi) is 3.56. The van der Waals surface area contributed by atoms with E-state index in [-0.39, 0.29) is 11.5 Å². The van der Waals surface area contributed by atoms with Crippen LogP contribution in [0, 0.1) is 11.3 Å². The molecule has 0 aliphatic carbocycles. The van der Waals surface area contributed by atoms with Gasteiger partial charge in [0, 0.05) is 6.07 Å². The summed E-state index contributed by atoms with van der Waals surface area (Å²) in [5.74, 6) is -0.275. The van der Waals surface area contributed by atoms with E-state index in [0.29, 0.717) is 6.61 Å². The quantitative estimate of drug-likeness (QED) is 0.640. The molecule has 0 aliphatic heterocycles. The SMILES string of the molecule is CCO/C=N/c1c(C#N)c(C(F)(F)F)nc2ccnn12. The lowest BCUT2D eigenvalue weighted by Gasteiger charge is -2.10. The molecule has 0 amide bonds. The molecule has 0 saturated carbocycles. The van der Waals surface area contributed by atoms with Gasteiger partial charge in [0.15, 0.2) is 23.6 Å². The van der Waals surface area contributed by atoms with Crippen molar-refractivity contribution in [3.8, 4) is 6.07 Å². The Bertz CT molecular complexity index is 698. The first-order valence-corrected chi connectivity index (χ1v) is 5.48. The van der Waals surface area contributed by atoms with Crippen molar-refractivity contribution in [1.29, 1.82) is 5.26 Å². The number of hydrogen-bond donors (Lipinski definition) is 0. The third-order valence-electron chi connectivity index (χ3n) is 2.31. The largest absolute Gasteiger partial charge is 0.483 e. The number of rotatable bonds is 3. The summed E-state index contributed by atoms with van der Waals surface area (Å²) in [6, 6.07) is 2.75. The van der Waals surface area contributed by atoms with E-state index in [1.54, 1.807) is 6.92 Å². The van der Waals surface area contributed by atoms with Crippen molar-refractivity contribution in [2.75, 3.05) is 6.61 Å². The van der Waals surface area contributed by atoms with E-state index in [1.807, 2.05) is 0 Å². The topological polar surface area (TPSA) is 75.6 Å². The van der Waals surface area contributed by atoms with Gasteiger partial charge in [-0.3, -0.25) is 0 Å². The number of aliphatic imine (C=N–C) groups is 1. The standard InChI is InChI=1S/C11H8F3N5O/c1-2-20-6-16-10-7(5-15)9(11(12,13)14)18-8-3-4-17-19(8)10/h3-4,6H,2H2,1H3/b16-6+. The molecule has 0 aromatic carbocycles. The summed E-state index contributed by atoms with van der Waals surface area (Å²) < 4.78 is 44.6. The summed E-state index contributed by atoms with van der Waals surface area (Å²) in [6.45, 7) is 1.99. The van der Waals surface area contributed by atoms with Crippen molar-refractivity contribution in [1.82, 2.24) is 14.6 Å². The smallest absolute Gasteiger partial charge is 0.434 e. The molecule has 104 valence electrons. The van der Waals surface area contributed by atoms with Crippen LogP contribution in [0.15, 0.2) is 17.3 Å². The molecule has 2 aromatic heterocycles. The molecule has 2 rings (SSSR count). The molecule has 2 heterocycles. The maximum atomic E-state index is 12.9. The van der Waals surface area contributed by atoms with Crippen molar-refractivity contribution in [3.63, 3.8) is 0 Å². The number of halogens is 3. The summed E-state index contributed by atoms with van der Waals surface area (Å²) in [7, 11) is 0. The highest BCUT2D eigenvalue weighted by Gasteiger charge is 2.38. The van der Waals surface area contributed by atoms with Gasteiger partial charge in [-0.15, -0.1) is 0 Å². The van der Waals surface area contributed by atoms with Gasteiger partial charge in [0.2, 0.25) is 0 Å². The van der Waals surface area contributed by atoms with E-state index in [0.717, 1.165) is 10.9 Å². The molecule has 0 bridgehead atoms. The predicted molar refractivity (Wildman–Crippen MR) is 62.5 cm³/mol. The highest BCUT2D eigenvalue weighted by Crippen LogP contribution is 2.34. The fourth-order valence-electron chi connectivity index (χ4n) is 1.52. The second kappa shape index (κ2) is 5.16. The monoisotopic (exact) mass is 283 g/mol. The zero-order chi connectivity index (χ0) is 14.8. The fourth-order valence-corrected chi connectivity index (χ4v) is 1.52. The minimum Gasteiger partial charge on any atom is -0.483 e. The van der Waals surface area contributed by atoms with Gasteiger partial charge in [-0.1, -0.05) is 0 Å². The van der Waals surface area contributed by atoms with Crippen LogP contribution in [0.25, 0.3) is 5.65 Å². The molecule has 0 aliphatic rings. The van der Waals surface area contributed by atoms with Gasteiger partial charge in [0.25, 0.3) is 0 Å². The molecule has 0 fully saturated rings. The molecular formula is C11H8F3N5O. The third-order valence-corrected chi connectivity index (χ3v) is 2.31. The summed E-state index contributed by atoms with van der Waals surface area (Å²) in [4.78, 5) is 7.14. The molecule has 2 aromatic rings. The van der Waals surface area contributed by atoms with Gasteiger partial charge in [-0.25, -0.2) is 4.98 Å². The van der Waals surface area contributed by atoms with E-state index < -0.39 is 17.4 Å². The second-order valence-electron chi connectivity index (χ2n) is 3.56. The average Bonchev–Trinajstić information content (AvgIpc) is 2.85. The van der Waals surface area contributed by atoms with E-state index >= 15 is 0 Å². The Morgan fingerprint density at radius 3 is 2.90 bits per heavy atom. The van der Waals surface area contributed by atoms with Crippen molar-refractivity contribution in [2.24, 2.45) is 4.99 Å². The van der Waals surface area contributed by atoms with Gasteiger partial charge in [-0.05, 0) is 6.92 Å². The molecular weight excluding hydrogens is 275 g/mol. The molecule has 0 spiro atoms. The van der Waals surface area contributed by atoms with Gasteiger partial charge in [0.1, 0.15) is 11.6 Å². The normalized spacial score (nSPS) is 11.9. The zero-order valence-electron chi connectivity index (χ0n) is 10.2. The zero-order valence-corrected chi connectivity index (χ0v) is 10.2. The van der Waals surface area contributed by atoms with Gasteiger partial charge in [0.05, 0.1) is 12.8 Å². The minimum absolute atomic E-state index is 0.0556. The molecule has 20 heavy (non-hydrogen) atoms.